The van der Waals surface area contributed by atoms with E-state index in [0.29, 0.717) is 18.9 Å². The summed E-state index contributed by atoms with van der Waals surface area (Å²) in [4.78, 5) is 14.4. The number of amides is 1. The van der Waals surface area contributed by atoms with Gasteiger partial charge in [-0.25, -0.2) is 0 Å². The van der Waals surface area contributed by atoms with Crippen molar-refractivity contribution in [3.8, 4) is 5.75 Å². The molecule has 3 aromatic rings. The number of carbonyl (C=O) groups excluding carboxylic acids is 1. The molecule has 0 bridgehead atoms. The van der Waals surface area contributed by atoms with Crippen LogP contribution in [0.4, 0.5) is 5.69 Å². The van der Waals surface area contributed by atoms with Gasteiger partial charge in [0.05, 0.1) is 0 Å². The Balaban J connectivity index is 1.78. The average molecular weight is 448 g/mol. The summed E-state index contributed by atoms with van der Waals surface area (Å²) in [6.45, 7) is 11.2. The maximum atomic E-state index is 12.0. The number of aryl methyl sites for hydroxylation is 2. The van der Waals surface area contributed by atoms with Crippen LogP contribution in [-0.4, -0.2) is 5.91 Å². The van der Waals surface area contributed by atoms with Crippen molar-refractivity contribution in [2.75, 3.05) is 5.32 Å². The van der Waals surface area contributed by atoms with E-state index in [1.54, 1.807) is 11.8 Å². The van der Waals surface area contributed by atoms with Gasteiger partial charge in [0.25, 0.3) is 0 Å². The molecule has 0 atom stereocenters. The second kappa shape index (κ2) is 11.2. The van der Waals surface area contributed by atoms with Crippen molar-refractivity contribution < 1.29 is 9.53 Å². The van der Waals surface area contributed by atoms with Crippen LogP contribution in [0.25, 0.3) is 0 Å². The zero-order chi connectivity index (χ0) is 23.1. The minimum atomic E-state index is 0.0689. The minimum Gasteiger partial charge on any atom is -0.489 e. The fraction of sp³-hybridized carbons (Fsp3) is 0.321. The Hall–Kier alpha value is -2.72. The van der Waals surface area contributed by atoms with Crippen molar-refractivity contribution in [3.05, 3.63) is 82.9 Å². The largest absolute Gasteiger partial charge is 0.489 e. The Labute approximate surface area is 196 Å². The van der Waals surface area contributed by atoms with Crippen LogP contribution in [0.5, 0.6) is 5.75 Å². The zero-order valence-corrected chi connectivity index (χ0v) is 20.5. The first-order valence-electron chi connectivity index (χ1n) is 11.3. The van der Waals surface area contributed by atoms with Gasteiger partial charge in [-0.05, 0) is 78.8 Å². The molecule has 0 spiro atoms. The SMILES string of the molecule is CCCC(=O)Nc1cc(C)c(Sc2ccc(OCc3ccccc3)c(C(C)C)c2)c(C)c1. The van der Waals surface area contributed by atoms with Crippen LogP contribution in [0.3, 0.4) is 0 Å². The molecular formula is C28H33NO2S. The van der Waals surface area contributed by atoms with Crippen molar-refractivity contribution in [1.29, 1.82) is 0 Å². The highest BCUT2D eigenvalue weighted by molar-refractivity contribution is 7.99. The van der Waals surface area contributed by atoms with Gasteiger partial charge in [-0.1, -0.05) is 62.9 Å². The number of ether oxygens (including phenoxy) is 1. The number of nitrogens with one attached hydrogen (secondary N) is 1. The summed E-state index contributed by atoms with van der Waals surface area (Å²) in [6.07, 6.45) is 1.40. The fourth-order valence-corrected chi connectivity index (χ4v) is 4.66. The lowest BCUT2D eigenvalue weighted by Gasteiger charge is -2.17. The van der Waals surface area contributed by atoms with Crippen molar-refractivity contribution in [3.63, 3.8) is 0 Å². The number of carbonyl (C=O) groups is 1. The summed E-state index contributed by atoms with van der Waals surface area (Å²) in [5.74, 6) is 1.37. The summed E-state index contributed by atoms with van der Waals surface area (Å²) in [7, 11) is 0. The van der Waals surface area contributed by atoms with Crippen LogP contribution in [-0.2, 0) is 11.4 Å². The smallest absolute Gasteiger partial charge is 0.224 e. The third kappa shape index (κ3) is 6.39. The monoisotopic (exact) mass is 447 g/mol. The summed E-state index contributed by atoms with van der Waals surface area (Å²) in [6, 6.07) is 20.8. The number of anilines is 1. The molecule has 0 heterocycles. The van der Waals surface area contributed by atoms with Gasteiger partial charge in [-0.3, -0.25) is 4.79 Å². The molecule has 0 radical (unpaired) electrons. The molecular weight excluding hydrogens is 414 g/mol. The Morgan fingerprint density at radius 3 is 2.31 bits per heavy atom. The van der Waals surface area contributed by atoms with Gasteiger partial charge in [-0.2, -0.15) is 0 Å². The molecule has 0 aliphatic carbocycles. The van der Waals surface area contributed by atoms with Gasteiger partial charge in [0.15, 0.2) is 0 Å². The molecule has 3 nitrogen and oxygen atoms in total. The highest BCUT2D eigenvalue weighted by Gasteiger charge is 2.13. The normalized spacial score (nSPS) is 10.9. The molecule has 168 valence electrons. The summed E-state index contributed by atoms with van der Waals surface area (Å²) >= 11 is 1.77. The van der Waals surface area contributed by atoms with Gasteiger partial charge in [0, 0.05) is 21.9 Å². The van der Waals surface area contributed by atoms with Crippen LogP contribution in [0.15, 0.2) is 70.5 Å². The maximum absolute atomic E-state index is 12.0. The van der Waals surface area contributed by atoms with E-state index in [0.717, 1.165) is 34.5 Å². The number of hydrogen-bond acceptors (Lipinski definition) is 3. The molecule has 0 aliphatic rings. The lowest BCUT2D eigenvalue weighted by atomic mass is 10.0. The molecule has 32 heavy (non-hydrogen) atoms. The van der Waals surface area contributed by atoms with Crippen LogP contribution in [0.2, 0.25) is 0 Å². The standard InChI is InChI=1S/C28H33NO2S/c1-6-10-27(30)29-23-15-20(4)28(21(5)16-23)32-24-13-14-26(25(17-24)19(2)3)31-18-22-11-8-7-9-12-22/h7-9,11-17,19H,6,10,18H2,1-5H3,(H,29,30). The van der Waals surface area contributed by atoms with E-state index in [4.69, 9.17) is 4.74 Å². The second-order valence-electron chi connectivity index (χ2n) is 8.47. The second-order valence-corrected chi connectivity index (χ2v) is 9.55. The summed E-state index contributed by atoms with van der Waals surface area (Å²) < 4.78 is 6.16. The van der Waals surface area contributed by atoms with Crippen LogP contribution in [0, 0.1) is 13.8 Å². The lowest BCUT2D eigenvalue weighted by molar-refractivity contribution is -0.116. The van der Waals surface area contributed by atoms with Crippen LogP contribution >= 0.6 is 11.8 Å². The topological polar surface area (TPSA) is 38.3 Å². The molecule has 3 rings (SSSR count). The molecule has 0 fully saturated rings. The highest BCUT2D eigenvalue weighted by atomic mass is 32.2. The lowest BCUT2D eigenvalue weighted by Crippen LogP contribution is -2.11. The van der Waals surface area contributed by atoms with E-state index in [1.807, 2.05) is 25.1 Å². The van der Waals surface area contributed by atoms with E-state index < -0.39 is 0 Å². The first-order chi connectivity index (χ1) is 15.4. The van der Waals surface area contributed by atoms with E-state index in [2.05, 4.69) is 75.5 Å². The number of benzene rings is 3. The van der Waals surface area contributed by atoms with Gasteiger partial charge in [0.2, 0.25) is 5.91 Å². The third-order valence-corrected chi connectivity index (χ3v) is 6.62. The first-order valence-corrected chi connectivity index (χ1v) is 12.1. The Morgan fingerprint density at radius 1 is 1.00 bits per heavy atom. The van der Waals surface area contributed by atoms with Gasteiger partial charge in [0.1, 0.15) is 12.4 Å². The fourth-order valence-electron chi connectivity index (χ4n) is 3.66. The summed E-state index contributed by atoms with van der Waals surface area (Å²) in [5, 5.41) is 3.01. The number of hydrogen-bond donors (Lipinski definition) is 1. The molecule has 0 aromatic heterocycles. The van der Waals surface area contributed by atoms with E-state index in [9.17, 15) is 4.79 Å². The Kier molecular flexibility index (Phi) is 8.40. The molecule has 4 heteroatoms. The molecule has 0 saturated carbocycles. The van der Waals surface area contributed by atoms with Crippen molar-refractivity contribution >= 4 is 23.4 Å². The quantitative estimate of drug-likeness (QED) is 0.362. The minimum absolute atomic E-state index is 0.0689. The molecule has 0 saturated heterocycles. The molecule has 1 amide bonds. The number of rotatable bonds is 9. The van der Waals surface area contributed by atoms with Gasteiger partial charge >= 0.3 is 0 Å². The maximum Gasteiger partial charge on any atom is 0.224 e. The Bertz CT molecular complexity index is 1040. The van der Waals surface area contributed by atoms with E-state index in [-0.39, 0.29) is 5.91 Å². The third-order valence-electron chi connectivity index (χ3n) is 5.28. The van der Waals surface area contributed by atoms with Crippen molar-refractivity contribution in [1.82, 2.24) is 0 Å². The average Bonchev–Trinajstić information content (AvgIpc) is 2.76. The zero-order valence-electron chi connectivity index (χ0n) is 19.7. The van der Waals surface area contributed by atoms with E-state index in [1.165, 1.54) is 15.4 Å². The Morgan fingerprint density at radius 2 is 1.69 bits per heavy atom. The predicted molar refractivity (Wildman–Crippen MR) is 135 cm³/mol. The highest BCUT2D eigenvalue weighted by Crippen LogP contribution is 2.38. The van der Waals surface area contributed by atoms with Crippen molar-refractivity contribution in [2.45, 2.75) is 69.8 Å². The van der Waals surface area contributed by atoms with Gasteiger partial charge in [-0.15, -0.1) is 0 Å². The molecule has 3 aromatic carbocycles. The summed E-state index contributed by atoms with van der Waals surface area (Å²) in [5.41, 5.74) is 5.58. The van der Waals surface area contributed by atoms with E-state index >= 15 is 0 Å². The van der Waals surface area contributed by atoms with Crippen LogP contribution in [0.1, 0.15) is 61.8 Å². The first kappa shape index (κ1) is 23.9. The van der Waals surface area contributed by atoms with Crippen molar-refractivity contribution in [2.24, 2.45) is 0 Å². The van der Waals surface area contributed by atoms with Crippen LogP contribution < -0.4 is 10.1 Å². The molecule has 0 unspecified atom stereocenters. The molecule has 0 aliphatic heterocycles. The molecule has 1 N–H and O–H groups in total. The van der Waals surface area contributed by atoms with Gasteiger partial charge < -0.3 is 10.1 Å². The predicted octanol–water partition coefficient (Wildman–Crippen LogP) is 7.90.